The number of rotatable bonds is 6. The second-order valence-electron chi connectivity index (χ2n) is 4.83. The van der Waals surface area contributed by atoms with E-state index < -0.39 is 24.3 Å². The Kier molecular flexibility index (Phi) is 5.97. The van der Waals surface area contributed by atoms with Crippen molar-refractivity contribution >= 4 is 23.2 Å². The average molecular weight is 357 g/mol. The number of amides is 1. The van der Waals surface area contributed by atoms with Crippen molar-refractivity contribution in [1.29, 1.82) is 0 Å². The number of esters is 1. The van der Waals surface area contributed by atoms with Crippen molar-refractivity contribution < 1.29 is 27.5 Å². The summed E-state index contributed by atoms with van der Waals surface area (Å²) in [6, 6.07) is 6.55. The van der Waals surface area contributed by atoms with Crippen molar-refractivity contribution in [2.75, 3.05) is 6.54 Å². The normalized spacial score (nSPS) is 11.1. The number of halogens is 3. The number of carbonyl (C=O) groups excluding carboxylic acids is 2. The quantitative estimate of drug-likeness (QED) is 0.803. The molecule has 0 bridgehead atoms. The zero-order chi connectivity index (χ0) is 17.6. The van der Waals surface area contributed by atoms with Crippen LogP contribution in [0, 0.1) is 0 Å². The van der Waals surface area contributed by atoms with Gasteiger partial charge < -0.3 is 10.1 Å². The second kappa shape index (κ2) is 7.96. The third-order valence-electron chi connectivity index (χ3n) is 3.11. The van der Waals surface area contributed by atoms with Crippen molar-refractivity contribution in [3.05, 3.63) is 57.8 Å². The van der Waals surface area contributed by atoms with Gasteiger partial charge in [-0.25, -0.2) is 0 Å². The van der Waals surface area contributed by atoms with Crippen LogP contribution in [0.3, 0.4) is 0 Å². The van der Waals surface area contributed by atoms with E-state index in [0.29, 0.717) is 5.56 Å². The molecule has 8 heteroatoms. The van der Waals surface area contributed by atoms with E-state index in [1.54, 1.807) is 16.8 Å². The van der Waals surface area contributed by atoms with Crippen LogP contribution in [0.25, 0.3) is 0 Å². The van der Waals surface area contributed by atoms with Crippen LogP contribution in [0.4, 0.5) is 13.2 Å². The molecule has 128 valence electrons. The Morgan fingerprint density at radius 2 is 1.92 bits per heavy atom. The average Bonchev–Trinajstić information content (AvgIpc) is 3.07. The SMILES string of the molecule is O=C(CCNC(=O)c1ccsc1)OCc1ccccc1C(F)(F)F. The van der Waals surface area contributed by atoms with E-state index in [9.17, 15) is 22.8 Å². The summed E-state index contributed by atoms with van der Waals surface area (Å²) in [6.07, 6.45) is -4.62. The van der Waals surface area contributed by atoms with Gasteiger partial charge in [0.05, 0.1) is 12.0 Å². The lowest BCUT2D eigenvalue weighted by atomic mass is 10.1. The third-order valence-corrected chi connectivity index (χ3v) is 3.79. The molecule has 2 rings (SSSR count). The third kappa shape index (κ3) is 5.09. The summed E-state index contributed by atoms with van der Waals surface area (Å²) >= 11 is 1.37. The van der Waals surface area contributed by atoms with Crippen LogP contribution in [0.2, 0.25) is 0 Å². The molecule has 0 saturated carbocycles. The fourth-order valence-corrected chi connectivity index (χ4v) is 2.56. The second-order valence-corrected chi connectivity index (χ2v) is 5.61. The largest absolute Gasteiger partial charge is 0.461 e. The Hall–Kier alpha value is -2.35. The Morgan fingerprint density at radius 3 is 2.58 bits per heavy atom. The van der Waals surface area contributed by atoms with Crippen molar-refractivity contribution in [3.8, 4) is 0 Å². The molecule has 1 heterocycles. The Bertz CT molecular complexity index is 699. The molecule has 1 N–H and O–H groups in total. The molecule has 0 saturated heterocycles. The first-order valence-corrected chi connectivity index (χ1v) is 7.93. The highest BCUT2D eigenvalue weighted by Gasteiger charge is 2.33. The number of ether oxygens (including phenoxy) is 1. The first kappa shape index (κ1) is 18.0. The van der Waals surface area contributed by atoms with E-state index in [1.807, 2.05) is 0 Å². The summed E-state index contributed by atoms with van der Waals surface area (Å²) in [5.41, 5.74) is -0.448. The summed E-state index contributed by atoms with van der Waals surface area (Å²) in [7, 11) is 0. The minimum atomic E-state index is -4.50. The van der Waals surface area contributed by atoms with E-state index in [4.69, 9.17) is 4.74 Å². The smallest absolute Gasteiger partial charge is 0.416 e. The molecule has 0 unspecified atom stereocenters. The van der Waals surface area contributed by atoms with Crippen LogP contribution in [-0.2, 0) is 22.3 Å². The van der Waals surface area contributed by atoms with Gasteiger partial charge in [-0.2, -0.15) is 24.5 Å². The van der Waals surface area contributed by atoms with Gasteiger partial charge in [0.2, 0.25) is 0 Å². The highest BCUT2D eigenvalue weighted by atomic mass is 32.1. The number of thiophene rings is 1. The van der Waals surface area contributed by atoms with Gasteiger partial charge in [0.25, 0.3) is 5.91 Å². The van der Waals surface area contributed by atoms with Gasteiger partial charge in [-0.1, -0.05) is 18.2 Å². The Labute approximate surface area is 140 Å². The Balaban J connectivity index is 1.79. The molecule has 0 aliphatic heterocycles. The fourth-order valence-electron chi connectivity index (χ4n) is 1.93. The zero-order valence-corrected chi connectivity index (χ0v) is 13.2. The predicted octanol–water partition coefficient (Wildman–Crippen LogP) is 3.63. The minimum Gasteiger partial charge on any atom is -0.461 e. The van der Waals surface area contributed by atoms with Crippen molar-refractivity contribution in [3.63, 3.8) is 0 Å². The predicted molar refractivity (Wildman–Crippen MR) is 82.5 cm³/mol. The van der Waals surface area contributed by atoms with E-state index in [1.165, 1.54) is 29.5 Å². The van der Waals surface area contributed by atoms with Crippen LogP contribution < -0.4 is 5.32 Å². The molecule has 0 spiro atoms. The summed E-state index contributed by atoms with van der Waals surface area (Å²) < 4.78 is 43.3. The Morgan fingerprint density at radius 1 is 1.17 bits per heavy atom. The first-order valence-electron chi connectivity index (χ1n) is 6.99. The van der Waals surface area contributed by atoms with Crippen molar-refractivity contribution in [2.24, 2.45) is 0 Å². The molecular weight excluding hydrogens is 343 g/mol. The molecule has 0 aliphatic carbocycles. The molecule has 1 aromatic carbocycles. The molecule has 0 aliphatic rings. The van der Waals surface area contributed by atoms with Gasteiger partial charge in [0, 0.05) is 23.1 Å². The zero-order valence-electron chi connectivity index (χ0n) is 12.4. The summed E-state index contributed by atoms with van der Waals surface area (Å²) in [6.45, 7) is -0.415. The minimum absolute atomic E-state index is 0.0500. The molecule has 1 amide bonds. The first-order chi connectivity index (χ1) is 11.4. The van der Waals surface area contributed by atoms with Crippen LogP contribution >= 0.6 is 11.3 Å². The molecule has 0 radical (unpaired) electrons. The van der Waals surface area contributed by atoms with Gasteiger partial charge in [-0.15, -0.1) is 0 Å². The fraction of sp³-hybridized carbons (Fsp3) is 0.250. The molecule has 1 aromatic heterocycles. The number of hydrogen-bond donors (Lipinski definition) is 1. The van der Waals surface area contributed by atoms with Gasteiger partial charge >= 0.3 is 12.1 Å². The van der Waals surface area contributed by atoms with Crippen LogP contribution in [-0.4, -0.2) is 18.4 Å². The summed E-state index contributed by atoms with van der Waals surface area (Å²) in [5, 5.41) is 5.96. The lowest BCUT2D eigenvalue weighted by Gasteiger charge is -2.12. The van der Waals surface area contributed by atoms with Crippen LogP contribution in [0.5, 0.6) is 0 Å². The molecule has 24 heavy (non-hydrogen) atoms. The number of benzene rings is 1. The summed E-state index contributed by atoms with van der Waals surface area (Å²) in [4.78, 5) is 23.2. The van der Waals surface area contributed by atoms with E-state index in [2.05, 4.69) is 5.32 Å². The molecule has 0 atom stereocenters. The molecular formula is C16H14F3NO3S. The van der Waals surface area contributed by atoms with Crippen molar-refractivity contribution in [1.82, 2.24) is 5.32 Å². The maximum atomic E-state index is 12.8. The molecule has 4 nitrogen and oxygen atoms in total. The topological polar surface area (TPSA) is 55.4 Å². The van der Waals surface area contributed by atoms with E-state index in [0.717, 1.165) is 6.07 Å². The highest BCUT2D eigenvalue weighted by Crippen LogP contribution is 2.32. The summed E-state index contributed by atoms with van der Waals surface area (Å²) in [5.74, 6) is -0.996. The maximum Gasteiger partial charge on any atom is 0.416 e. The monoisotopic (exact) mass is 357 g/mol. The van der Waals surface area contributed by atoms with Gasteiger partial charge in [-0.05, 0) is 17.5 Å². The molecule has 2 aromatic rings. The molecule has 0 fully saturated rings. The van der Waals surface area contributed by atoms with Crippen LogP contribution in [0.1, 0.15) is 27.9 Å². The highest BCUT2D eigenvalue weighted by molar-refractivity contribution is 7.08. The number of hydrogen-bond acceptors (Lipinski definition) is 4. The lowest BCUT2D eigenvalue weighted by Crippen LogP contribution is -2.26. The van der Waals surface area contributed by atoms with Crippen LogP contribution in [0.15, 0.2) is 41.1 Å². The van der Waals surface area contributed by atoms with E-state index in [-0.39, 0.29) is 24.4 Å². The lowest BCUT2D eigenvalue weighted by molar-refractivity contribution is -0.147. The number of alkyl halides is 3. The van der Waals surface area contributed by atoms with Gasteiger partial charge in [0.1, 0.15) is 6.61 Å². The van der Waals surface area contributed by atoms with E-state index >= 15 is 0 Å². The number of carbonyl (C=O) groups is 2. The standard InChI is InChI=1S/C16H14F3NO3S/c17-16(18,19)13-4-2-1-3-11(13)9-23-14(21)5-7-20-15(22)12-6-8-24-10-12/h1-4,6,8,10H,5,7,9H2,(H,20,22). The van der Waals surface area contributed by atoms with Gasteiger partial charge in [-0.3, -0.25) is 9.59 Å². The number of nitrogens with one attached hydrogen (secondary N) is 1. The maximum absolute atomic E-state index is 12.8. The van der Waals surface area contributed by atoms with Gasteiger partial charge in [0.15, 0.2) is 0 Å². The van der Waals surface area contributed by atoms with Crippen molar-refractivity contribution in [2.45, 2.75) is 19.2 Å².